The summed E-state index contributed by atoms with van der Waals surface area (Å²) in [6, 6.07) is 0. The van der Waals surface area contributed by atoms with Gasteiger partial charge in [-0.2, -0.15) is 0 Å². The van der Waals surface area contributed by atoms with Crippen LogP contribution in [0.5, 0.6) is 0 Å². The monoisotopic (exact) mass is 198 g/mol. The lowest BCUT2D eigenvalue weighted by Crippen LogP contribution is -2.19. The molecule has 1 rings (SSSR count). The first-order valence-electron chi connectivity index (χ1n) is 4.46. The van der Waals surface area contributed by atoms with Gasteiger partial charge in [0.2, 0.25) is 0 Å². The lowest BCUT2D eigenvalue weighted by Gasteiger charge is -1.98. The topological polar surface area (TPSA) is 64.1 Å². The predicted octanol–water partition coefficient (Wildman–Crippen LogP) is 0.127. The van der Waals surface area contributed by atoms with Crippen molar-refractivity contribution in [2.24, 2.45) is 7.05 Å². The highest BCUT2D eigenvalue weighted by molar-refractivity contribution is 5.72. The second-order valence-corrected chi connectivity index (χ2v) is 3.06. The van der Waals surface area contributed by atoms with Gasteiger partial charge in [-0.25, -0.2) is 0 Å². The zero-order valence-corrected chi connectivity index (χ0v) is 8.59. The van der Waals surface area contributed by atoms with Crippen LogP contribution in [-0.4, -0.2) is 22.4 Å². The van der Waals surface area contributed by atoms with E-state index in [1.807, 2.05) is 0 Å². The highest BCUT2D eigenvalue weighted by Gasteiger charge is 2.13. The first-order chi connectivity index (χ1) is 6.56. The van der Waals surface area contributed by atoms with Crippen LogP contribution >= 0.6 is 0 Å². The highest BCUT2D eigenvalue weighted by atomic mass is 16.5. The lowest BCUT2D eigenvalue weighted by atomic mass is 10.2. The van der Waals surface area contributed by atoms with Gasteiger partial charge in [-0.3, -0.25) is 19.4 Å². The molecule has 0 atom stereocenters. The predicted molar refractivity (Wildman–Crippen MR) is 51.1 cm³/mol. The Morgan fingerprint density at radius 3 is 2.64 bits per heavy atom. The van der Waals surface area contributed by atoms with Crippen molar-refractivity contribution in [1.29, 1.82) is 0 Å². The summed E-state index contributed by atoms with van der Waals surface area (Å²) >= 11 is 0. The minimum Gasteiger partial charge on any atom is -0.466 e. The molecule has 1 aromatic heterocycles. The van der Waals surface area contributed by atoms with Gasteiger partial charge in [-0.15, -0.1) is 0 Å². The summed E-state index contributed by atoms with van der Waals surface area (Å²) in [5.74, 6) is -0.368. The molecule has 0 aromatic carbocycles. The van der Waals surface area contributed by atoms with Gasteiger partial charge in [0, 0.05) is 12.7 Å². The molecule has 0 radical (unpaired) electrons. The summed E-state index contributed by atoms with van der Waals surface area (Å²) in [5, 5.41) is 2.82. The highest BCUT2D eigenvalue weighted by Crippen LogP contribution is 2.00. The number of aromatic nitrogens is 2. The van der Waals surface area contributed by atoms with E-state index in [9.17, 15) is 9.59 Å². The van der Waals surface area contributed by atoms with Gasteiger partial charge in [0.15, 0.2) is 0 Å². The lowest BCUT2D eigenvalue weighted by molar-refractivity contribution is -0.142. The Morgan fingerprint density at radius 2 is 2.21 bits per heavy atom. The average Bonchev–Trinajstić information content (AvgIpc) is 2.33. The van der Waals surface area contributed by atoms with E-state index < -0.39 is 0 Å². The smallest absolute Gasteiger partial charge is 0.310 e. The summed E-state index contributed by atoms with van der Waals surface area (Å²) < 4.78 is 6.12. The molecule has 1 N–H and O–H groups in total. The number of hydrogen-bond acceptors (Lipinski definition) is 3. The maximum atomic E-state index is 11.5. The molecule has 0 aliphatic rings. The van der Waals surface area contributed by atoms with Crippen molar-refractivity contribution in [2.45, 2.75) is 20.3 Å². The summed E-state index contributed by atoms with van der Waals surface area (Å²) in [6.07, 6.45) is 0.0375. The van der Waals surface area contributed by atoms with E-state index in [0.717, 1.165) is 0 Å². The molecule has 0 amide bonds. The third-order valence-corrected chi connectivity index (χ3v) is 1.98. The fourth-order valence-corrected chi connectivity index (χ4v) is 1.30. The van der Waals surface area contributed by atoms with Crippen molar-refractivity contribution in [2.75, 3.05) is 6.61 Å². The molecular weight excluding hydrogens is 184 g/mol. The number of carbonyl (C=O) groups excluding carboxylic acids is 1. The third-order valence-electron chi connectivity index (χ3n) is 1.98. The van der Waals surface area contributed by atoms with Crippen LogP contribution in [0.2, 0.25) is 0 Å². The van der Waals surface area contributed by atoms with E-state index in [2.05, 4.69) is 5.10 Å². The number of nitrogens with zero attached hydrogens (tertiary/aromatic N) is 1. The third kappa shape index (κ3) is 2.04. The number of nitrogens with one attached hydrogen (secondary N) is 1. The minimum atomic E-state index is -0.368. The van der Waals surface area contributed by atoms with Gasteiger partial charge < -0.3 is 4.74 Å². The van der Waals surface area contributed by atoms with Crippen molar-refractivity contribution < 1.29 is 9.53 Å². The molecular formula is C9H14N2O3. The number of aromatic amines is 1. The first kappa shape index (κ1) is 10.6. The van der Waals surface area contributed by atoms with Crippen molar-refractivity contribution in [1.82, 2.24) is 9.78 Å². The molecule has 5 heteroatoms. The molecule has 0 bridgehead atoms. The summed E-state index contributed by atoms with van der Waals surface area (Å²) in [7, 11) is 1.62. The number of rotatable bonds is 3. The summed E-state index contributed by atoms with van der Waals surface area (Å²) in [5.41, 5.74) is 1.02. The zero-order valence-electron chi connectivity index (χ0n) is 8.59. The first-order valence-corrected chi connectivity index (χ1v) is 4.46. The number of H-pyrrole nitrogens is 1. The van der Waals surface area contributed by atoms with Crippen molar-refractivity contribution in [3.63, 3.8) is 0 Å². The quantitative estimate of drug-likeness (QED) is 0.702. The SMILES string of the molecule is CCOC(=O)Cc1c(C)[nH]n(C)c1=O. The van der Waals surface area contributed by atoms with Crippen molar-refractivity contribution in [3.05, 3.63) is 21.6 Å². The van der Waals surface area contributed by atoms with E-state index in [1.54, 1.807) is 20.9 Å². The Balaban J connectivity index is 2.86. The summed E-state index contributed by atoms with van der Waals surface area (Å²) in [6.45, 7) is 3.83. The second kappa shape index (κ2) is 4.13. The Morgan fingerprint density at radius 1 is 1.57 bits per heavy atom. The Hall–Kier alpha value is -1.52. The van der Waals surface area contributed by atoms with Gasteiger partial charge in [0.25, 0.3) is 5.56 Å². The molecule has 0 spiro atoms. The zero-order chi connectivity index (χ0) is 10.7. The van der Waals surface area contributed by atoms with Crippen LogP contribution in [0.4, 0.5) is 0 Å². The van der Waals surface area contributed by atoms with Crippen LogP contribution in [0.25, 0.3) is 0 Å². The van der Waals surface area contributed by atoms with E-state index >= 15 is 0 Å². The number of ether oxygens (including phenoxy) is 1. The van der Waals surface area contributed by atoms with E-state index in [4.69, 9.17) is 4.74 Å². The molecule has 0 aliphatic carbocycles. The molecule has 5 nitrogen and oxygen atoms in total. The minimum absolute atomic E-state index is 0.0375. The van der Waals surface area contributed by atoms with E-state index in [1.165, 1.54) is 4.68 Å². The van der Waals surface area contributed by atoms with Crippen LogP contribution in [0.3, 0.4) is 0 Å². The maximum Gasteiger partial charge on any atom is 0.310 e. The largest absolute Gasteiger partial charge is 0.466 e. The van der Waals surface area contributed by atoms with Crippen LogP contribution in [-0.2, 0) is 23.0 Å². The molecule has 0 fully saturated rings. The van der Waals surface area contributed by atoms with Crippen molar-refractivity contribution in [3.8, 4) is 0 Å². The molecule has 14 heavy (non-hydrogen) atoms. The van der Waals surface area contributed by atoms with Gasteiger partial charge in [-0.1, -0.05) is 0 Å². The maximum absolute atomic E-state index is 11.5. The number of esters is 1. The Bertz CT molecular complexity index is 389. The average molecular weight is 198 g/mol. The van der Waals surface area contributed by atoms with E-state index in [0.29, 0.717) is 17.9 Å². The van der Waals surface area contributed by atoms with Gasteiger partial charge in [0.05, 0.1) is 18.6 Å². The molecule has 78 valence electrons. The molecule has 0 aliphatic heterocycles. The fourth-order valence-electron chi connectivity index (χ4n) is 1.30. The molecule has 0 unspecified atom stereocenters. The number of hydrogen-bond donors (Lipinski definition) is 1. The summed E-state index contributed by atoms with van der Waals surface area (Å²) in [4.78, 5) is 22.6. The number of carbonyl (C=O) groups is 1. The van der Waals surface area contributed by atoms with Crippen LogP contribution in [0.1, 0.15) is 18.2 Å². The molecule has 0 saturated heterocycles. The second-order valence-electron chi connectivity index (χ2n) is 3.06. The molecule has 1 heterocycles. The van der Waals surface area contributed by atoms with Gasteiger partial charge >= 0.3 is 5.97 Å². The fraction of sp³-hybridized carbons (Fsp3) is 0.556. The normalized spacial score (nSPS) is 10.2. The molecule has 1 aromatic rings. The van der Waals surface area contributed by atoms with Crippen LogP contribution in [0, 0.1) is 6.92 Å². The molecule has 0 saturated carbocycles. The number of aryl methyl sites for hydroxylation is 2. The Labute approximate surface area is 81.7 Å². The Kier molecular flexibility index (Phi) is 3.11. The van der Waals surface area contributed by atoms with Crippen molar-refractivity contribution >= 4 is 5.97 Å². The van der Waals surface area contributed by atoms with E-state index in [-0.39, 0.29) is 17.9 Å². The van der Waals surface area contributed by atoms with Gasteiger partial charge in [-0.05, 0) is 13.8 Å². The standard InChI is InChI=1S/C9H14N2O3/c1-4-14-8(12)5-7-6(2)10-11(3)9(7)13/h10H,4-5H2,1-3H3. The van der Waals surface area contributed by atoms with Crippen LogP contribution < -0.4 is 5.56 Å². The van der Waals surface area contributed by atoms with Crippen LogP contribution in [0.15, 0.2) is 4.79 Å². The van der Waals surface area contributed by atoms with Gasteiger partial charge in [0.1, 0.15) is 0 Å².